The molecule has 0 radical (unpaired) electrons. The Kier molecular flexibility index (Phi) is 7.52. The van der Waals surface area contributed by atoms with Gasteiger partial charge in [-0.15, -0.1) is 0 Å². The van der Waals surface area contributed by atoms with E-state index >= 15 is 0 Å². The summed E-state index contributed by atoms with van der Waals surface area (Å²) in [5.41, 5.74) is 5.99. The molecule has 0 aromatic carbocycles. The molecule has 1 aliphatic rings. The molecule has 0 aromatic heterocycles. The van der Waals surface area contributed by atoms with E-state index in [1.54, 1.807) is 0 Å². The van der Waals surface area contributed by atoms with Gasteiger partial charge in [-0.2, -0.15) is 0 Å². The van der Waals surface area contributed by atoms with Crippen LogP contribution in [0.5, 0.6) is 0 Å². The van der Waals surface area contributed by atoms with Gasteiger partial charge in [-0.3, -0.25) is 9.69 Å². The molecular formula is C16H33N3O. The standard InChI is InChI=1S/C16H33N3O/c1-5-11-19(15-9-7-14(17)8-10-15)13(4)16(20)18-12(3)6-2/h12-15H,5-11,17H2,1-4H3,(H,18,20). The van der Waals surface area contributed by atoms with Crippen molar-refractivity contribution in [2.75, 3.05) is 6.54 Å². The smallest absolute Gasteiger partial charge is 0.237 e. The molecule has 1 rings (SSSR count). The van der Waals surface area contributed by atoms with E-state index in [1.165, 1.54) is 0 Å². The van der Waals surface area contributed by atoms with E-state index < -0.39 is 0 Å². The summed E-state index contributed by atoms with van der Waals surface area (Å²) in [6.07, 6.45) is 6.49. The lowest BCUT2D eigenvalue weighted by atomic mass is 9.90. The first-order valence-corrected chi connectivity index (χ1v) is 8.31. The third kappa shape index (κ3) is 5.06. The van der Waals surface area contributed by atoms with Gasteiger partial charge < -0.3 is 11.1 Å². The van der Waals surface area contributed by atoms with Crippen LogP contribution in [0.3, 0.4) is 0 Å². The van der Waals surface area contributed by atoms with E-state index in [4.69, 9.17) is 5.73 Å². The van der Waals surface area contributed by atoms with Crippen LogP contribution >= 0.6 is 0 Å². The van der Waals surface area contributed by atoms with Gasteiger partial charge >= 0.3 is 0 Å². The second kappa shape index (κ2) is 8.63. The SMILES string of the molecule is CCCN(C1CCC(N)CC1)C(C)C(=O)NC(C)CC. The van der Waals surface area contributed by atoms with E-state index in [0.29, 0.717) is 12.1 Å². The average molecular weight is 283 g/mol. The minimum Gasteiger partial charge on any atom is -0.352 e. The maximum absolute atomic E-state index is 12.4. The molecule has 0 heterocycles. The molecule has 2 atom stereocenters. The monoisotopic (exact) mass is 283 g/mol. The lowest BCUT2D eigenvalue weighted by Crippen LogP contribution is -2.52. The molecule has 0 aromatic rings. The van der Waals surface area contributed by atoms with Crippen LogP contribution in [0.4, 0.5) is 0 Å². The predicted octanol–water partition coefficient (Wildman–Crippen LogP) is 2.27. The molecule has 1 amide bonds. The number of carbonyl (C=O) groups is 1. The summed E-state index contributed by atoms with van der Waals surface area (Å²) in [6, 6.07) is 1.10. The fourth-order valence-corrected chi connectivity index (χ4v) is 3.00. The van der Waals surface area contributed by atoms with Crippen LogP contribution in [-0.2, 0) is 4.79 Å². The number of rotatable bonds is 7. The molecule has 1 aliphatic carbocycles. The quantitative estimate of drug-likeness (QED) is 0.753. The summed E-state index contributed by atoms with van der Waals surface area (Å²) in [7, 11) is 0. The number of nitrogens with two attached hydrogens (primary N) is 1. The summed E-state index contributed by atoms with van der Waals surface area (Å²) in [5, 5.41) is 3.11. The molecule has 20 heavy (non-hydrogen) atoms. The number of nitrogens with one attached hydrogen (secondary N) is 1. The molecular weight excluding hydrogens is 250 g/mol. The Bertz CT molecular complexity index is 287. The molecule has 0 spiro atoms. The van der Waals surface area contributed by atoms with Crippen LogP contribution < -0.4 is 11.1 Å². The number of carbonyl (C=O) groups excluding carboxylic acids is 1. The first kappa shape index (κ1) is 17.4. The first-order chi connectivity index (χ1) is 9.49. The molecule has 4 heteroatoms. The van der Waals surface area contributed by atoms with Crippen LogP contribution in [0, 0.1) is 0 Å². The van der Waals surface area contributed by atoms with Crippen molar-refractivity contribution >= 4 is 5.91 Å². The third-order valence-electron chi connectivity index (χ3n) is 4.57. The van der Waals surface area contributed by atoms with E-state index in [-0.39, 0.29) is 18.0 Å². The highest BCUT2D eigenvalue weighted by molar-refractivity contribution is 5.81. The van der Waals surface area contributed by atoms with Gasteiger partial charge in [-0.05, 0) is 58.9 Å². The van der Waals surface area contributed by atoms with Crippen molar-refractivity contribution in [1.29, 1.82) is 0 Å². The molecule has 1 fully saturated rings. The Morgan fingerprint density at radius 3 is 2.35 bits per heavy atom. The summed E-state index contributed by atoms with van der Waals surface area (Å²) < 4.78 is 0. The molecule has 3 N–H and O–H groups in total. The van der Waals surface area contributed by atoms with Gasteiger partial charge in [0.25, 0.3) is 0 Å². The Morgan fingerprint density at radius 2 is 1.85 bits per heavy atom. The molecule has 2 unspecified atom stereocenters. The van der Waals surface area contributed by atoms with Crippen molar-refractivity contribution in [3.05, 3.63) is 0 Å². The molecule has 1 saturated carbocycles. The minimum absolute atomic E-state index is 0.0386. The normalized spacial score (nSPS) is 26.3. The van der Waals surface area contributed by atoms with Gasteiger partial charge in [0, 0.05) is 18.1 Å². The second-order valence-electron chi connectivity index (χ2n) is 6.30. The number of nitrogens with zero attached hydrogens (tertiary/aromatic N) is 1. The Labute approximate surface area is 124 Å². The molecule has 118 valence electrons. The van der Waals surface area contributed by atoms with Crippen molar-refractivity contribution in [2.24, 2.45) is 5.73 Å². The van der Waals surface area contributed by atoms with Crippen LogP contribution in [0.25, 0.3) is 0 Å². The van der Waals surface area contributed by atoms with Crippen LogP contribution in [0.15, 0.2) is 0 Å². The maximum Gasteiger partial charge on any atom is 0.237 e. The second-order valence-corrected chi connectivity index (χ2v) is 6.30. The van der Waals surface area contributed by atoms with Crippen LogP contribution in [0.2, 0.25) is 0 Å². The molecule has 0 bridgehead atoms. The van der Waals surface area contributed by atoms with Crippen molar-refractivity contribution in [3.63, 3.8) is 0 Å². The molecule has 0 saturated heterocycles. The van der Waals surface area contributed by atoms with Gasteiger partial charge in [-0.25, -0.2) is 0 Å². The summed E-state index contributed by atoms with van der Waals surface area (Å²) in [5.74, 6) is 0.169. The van der Waals surface area contributed by atoms with Gasteiger partial charge in [0.1, 0.15) is 0 Å². The zero-order chi connectivity index (χ0) is 15.1. The van der Waals surface area contributed by atoms with Crippen molar-refractivity contribution in [1.82, 2.24) is 10.2 Å². The fraction of sp³-hybridized carbons (Fsp3) is 0.938. The summed E-state index contributed by atoms with van der Waals surface area (Å²) in [4.78, 5) is 14.8. The molecule has 4 nitrogen and oxygen atoms in total. The Morgan fingerprint density at radius 1 is 1.25 bits per heavy atom. The average Bonchev–Trinajstić information content (AvgIpc) is 2.45. The van der Waals surface area contributed by atoms with Crippen LogP contribution in [-0.4, -0.2) is 41.5 Å². The van der Waals surface area contributed by atoms with E-state index in [1.807, 2.05) is 6.92 Å². The highest BCUT2D eigenvalue weighted by Crippen LogP contribution is 2.24. The summed E-state index contributed by atoms with van der Waals surface area (Å²) in [6.45, 7) is 9.38. The molecule has 0 aliphatic heterocycles. The highest BCUT2D eigenvalue weighted by atomic mass is 16.2. The zero-order valence-electron chi connectivity index (χ0n) is 13.7. The maximum atomic E-state index is 12.4. The van der Waals surface area contributed by atoms with Crippen LogP contribution in [0.1, 0.15) is 66.2 Å². The number of hydrogen-bond acceptors (Lipinski definition) is 3. The number of hydrogen-bond donors (Lipinski definition) is 2. The Balaban J connectivity index is 2.61. The largest absolute Gasteiger partial charge is 0.352 e. The van der Waals surface area contributed by atoms with Gasteiger partial charge in [0.2, 0.25) is 5.91 Å². The lowest BCUT2D eigenvalue weighted by Gasteiger charge is -2.39. The summed E-state index contributed by atoms with van der Waals surface area (Å²) >= 11 is 0. The fourth-order valence-electron chi connectivity index (χ4n) is 3.00. The number of amides is 1. The Hall–Kier alpha value is -0.610. The highest BCUT2D eigenvalue weighted by Gasteiger charge is 2.30. The van der Waals surface area contributed by atoms with Gasteiger partial charge in [-0.1, -0.05) is 13.8 Å². The van der Waals surface area contributed by atoms with Gasteiger partial charge in [0.15, 0.2) is 0 Å². The van der Waals surface area contributed by atoms with Crippen molar-refractivity contribution in [2.45, 2.75) is 90.4 Å². The minimum atomic E-state index is -0.0386. The zero-order valence-corrected chi connectivity index (χ0v) is 13.7. The third-order valence-corrected chi connectivity index (χ3v) is 4.57. The lowest BCUT2D eigenvalue weighted by molar-refractivity contribution is -0.127. The van der Waals surface area contributed by atoms with E-state index in [9.17, 15) is 4.79 Å². The predicted molar refractivity (Wildman–Crippen MR) is 84.6 cm³/mol. The first-order valence-electron chi connectivity index (χ1n) is 8.31. The van der Waals surface area contributed by atoms with Crippen molar-refractivity contribution < 1.29 is 4.79 Å². The van der Waals surface area contributed by atoms with E-state index in [2.05, 4.69) is 31.0 Å². The van der Waals surface area contributed by atoms with Gasteiger partial charge in [0.05, 0.1) is 6.04 Å². The van der Waals surface area contributed by atoms with Crippen molar-refractivity contribution in [3.8, 4) is 0 Å². The topological polar surface area (TPSA) is 58.4 Å². The van der Waals surface area contributed by atoms with E-state index in [0.717, 1.165) is 45.1 Å².